The Hall–Kier alpha value is -4.08. The first kappa shape index (κ1) is 25.0. The Bertz CT molecular complexity index is 1360. The molecule has 0 N–H and O–H groups in total. The monoisotopic (exact) mass is 499 g/mol. The average Bonchev–Trinajstić information content (AvgIpc) is 2.85. The number of ketones is 1. The van der Waals surface area contributed by atoms with Gasteiger partial charge in [-0.15, -0.1) is 0 Å². The number of nitrogens with zero attached hydrogens (tertiary/aromatic N) is 3. The number of alkyl halides is 3. The molecule has 186 valence electrons. The van der Waals surface area contributed by atoms with Gasteiger partial charge in [-0.25, -0.2) is 14.4 Å². The summed E-state index contributed by atoms with van der Waals surface area (Å²) >= 11 is 0. The standard InChI is InChI=1S/C26H21F4N3O3/c1-2-35-23-13-22-20(12-21(23)27)25(33-15-32-22)36-19-8-4-16(5-9-19)11-18(34)7-3-17-6-10-24(31-14-17)26(28,29)30/h4-6,8-10,12-15H,2-3,7,11H2,1H3. The largest absolute Gasteiger partial charge is 0.491 e. The van der Waals surface area contributed by atoms with Crippen LogP contribution in [-0.2, 0) is 23.8 Å². The number of pyridine rings is 1. The molecule has 2 aromatic heterocycles. The van der Waals surface area contributed by atoms with Crippen molar-refractivity contribution in [1.29, 1.82) is 0 Å². The number of halogens is 4. The average molecular weight is 499 g/mol. The zero-order valence-electron chi connectivity index (χ0n) is 19.2. The van der Waals surface area contributed by atoms with E-state index >= 15 is 0 Å². The quantitative estimate of drug-likeness (QED) is 0.259. The second-order valence-electron chi connectivity index (χ2n) is 7.92. The minimum Gasteiger partial charge on any atom is -0.491 e. The van der Waals surface area contributed by atoms with Crippen molar-refractivity contribution in [3.05, 3.63) is 83.7 Å². The Morgan fingerprint density at radius 2 is 1.72 bits per heavy atom. The molecule has 0 radical (unpaired) electrons. The van der Waals surface area contributed by atoms with E-state index in [0.717, 1.165) is 17.8 Å². The van der Waals surface area contributed by atoms with Crippen LogP contribution in [0.4, 0.5) is 17.6 Å². The number of benzene rings is 2. The van der Waals surface area contributed by atoms with Gasteiger partial charge in [-0.2, -0.15) is 13.2 Å². The van der Waals surface area contributed by atoms with Crippen LogP contribution in [0.1, 0.15) is 30.2 Å². The summed E-state index contributed by atoms with van der Waals surface area (Å²) in [5.41, 5.74) is 0.811. The van der Waals surface area contributed by atoms with Gasteiger partial charge in [0.15, 0.2) is 11.6 Å². The highest BCUT2D eigenvalue weighted by Crippen LogP contribution is 2.31. The Balaban J connectivity index is 1.36. The van der Waals surface area contributed by atoms with Gasteiger partial charge in [0.2, 0.25) is 5.88 Å². The molecule has 10 heteroatoms. The summed E-state index contributed by atoms with van der Waals surface area (Å²) in [6, 6.07) is 11.8. The highest BCUT2D eigenvalue weighted by atomic mass is 19.4. The van der Waals surface area contributed by atoms with Crippen molar-refractivity contribution < 1.29 is 31.8 Å². The topological polar surface area (TPSA) is 74.2 Å². The molecule has 0 fully saturated rings. The summed E-state index contributed by atoms with van der Waals surface area (Å²) < 4.78 is 63.2. The molecule has 0 amide bonds. The zero-order chi connectivity index (χ0) is 25.7. The summed E-state index contributed by atoms with van der Waals surface area (Å²) in [5, 5.41) is 0.385. The number of aryl methyl sites for hydroxylation is 1. The first-order valence-corrected chi connectivity index (χ1v) is 11.1. The lowest BCUT2D eigenvalue weighted by Gasteiger charge is -2.10. The molecule has 0 saturated carbocycles. The molecule has 0 atom stereocenters. The molecule has 2 heterocycles. The molecule has 4 rings (SSSR count). The molecule has 0 bridgehead atoms. The van der Waals surface area contributed by atoms with Crippen LogP contribution in [-0.4, -0.2) is 27.3 Å². The lowest BCUT2D eigenvalue weighted by molar-refractivity contribution is -0.141. The van der Waals surface area contributed by atoms with E-state index in [1.54, 1.807) is 31.2 Å². The molecule has 4 aromatic rings. The van der Waals surface area contributed by atoms with E-state index in [4.69, 9.17) is 9.47 Å². The van der Waals surface area contributed by atoms with E-state index in [-0.39, 0.29) is 30.3 Å². The van der Waals surface area contributed by atoms with Crippen molar-refractivity contribution in [1.82, 2.24) is 15.0 Å². The minimum atomic E-state index is -4.49. The summed E-state index contributed by atoms with van der Waals surface area (Å²) in [6.45, 7) is 2.07. The number of rotatable bonds is 9. The predicted molar refractivity (Wildman–Crippen MR) is 123 cm³/mol. The fourth-order valence-corrected chi connectivity index (χ4v) is 3.51. The van der Waals surface area contributed by atoms with Crippen molar-refractivity contribution in [3.63, 3.8) is 0 Å². The number of ether oxygens (including phenoxy) is 2. The van der Waals surface area contributed by atoms with Crippen molar-refractivity contribution in [3.8, 4) is 17.4 Å². The first-order chi connectivity index (χ1) is 17.2. The Labute approximate surface area is 203 Å². The smallest absolute Gasteiger partial charge is 0.433 e. The molecule has 0 saturated heterocycles. The van der Waals surface area contributed by atoms with E-state index in [1.165, 1.54) is 24.5 Å². The maximum atomic E-state index is 14.3. The molecular weight excluding hydrogens is 478 g/mol. The van der Waals surface area contributed by atoms with Crippen molar-refractivity contribution >= 4 is 16.7 Å². The van der Waals surface area contributed by atoms with Gasteiger partial charge in [0.1, 0.15) is 23.6 Å². The van der Waals surface area contributed by atoms with E-state index in [2.05, 4.69) is 15.0 Å². The molecule has 36 heavy (non-hydrogen) atoms. The summed E-state index contributed by atoms with van der Waals surface area (Å²) in [6.07, 6.45) is -1.40. The van der Waals surface area contributed by atoms with E-state index < -0.39 is 17.7 Å². The predicted octanol–water partition coefficient (Wildman–Crippen LogP) is 6.12. The number of hydrogen-bond acceptors (Lipinski definition) is 6. The second-order valence-corrected chi connectivity index (χ2v) is 7.92. The van der Waals surface area contributed by atoms with Crippen LogP contribution in [0.3, 0.4) is 0 Å². The van der Waals surface area contributed by atoms with Crippen LogP contribution < -0.4 is 9.47 Å². The third-order valence-electron chi connectivity index (χ3n) is 5.30. The van der Waals surface area contributed by atoms with E-state index in [0.29, 0.717) is 35.2 Å². The lowest BCUT2D eigenvalue weighted by Crippen LogP contribution is -2.08. The maximum absolute atomic E-state index is 14.3. The number of fused-ring (bicyclic) bond motifs is 1. The first-order valence-electron chi connectivity index (χ1n) is 11.1. The fraction of sp³-hybridized carbons (Fsp3) is 0.231. The molecule has 0 unspecified atom stereocenters. The number of aromatic nitrogens is 3. The third kappa shape index (κ3) is 6.12. The summed E-state index contributed by atoms with van der Waals surface area (Å²) in [4.78, 5) is 24.0. The fourth-order valence-electron chi connectivity index (χ4n) is 3.51. The van der Waals surface area contributed by atoms with Crippen LogP contribution in [0.2, 0.25) is 0 Å². The number of carbonyl (C=O) groups excluding carboxylic acids is 1. The summed E-state index contributed by atoms with van der Waals surface area (Å²) in [5.74, 6) is 0.0985. The Kier molecular flexibility index (Phi) is 7.42. The van der Waals surface area contributed by atoms with Gasteiger partial charge in [0.25, 0.3) is 0 Å². The number of hydrogen-bond donors (Lipinski definition) is 0. The molecule has 2 aromatic carbocycles. The Morgan fingerprint density at radius 3 is 2.39 bits per heavy atom. The SMILES string of the molecule is CCOc1cc2ncnc(Oc3ccc(CC(=O)CCc4ccc(C(F)(F)F)nc4)cc3)c2cc1F. The minimum absolute atomic E-state index is 0.0639. The molecule has 0 aliphatic rings. The highest BCUT2D eigenvalue weighted by Gasteiger charge is 2.32. The number of carbonyl (C=O) groups is 1. The van der Waals surface area contributed by atoms with Crippen molar-refractivity contribution in [2.75, 3.05) is 6.61 Å². The van der Waals surface area contributed by atoms with Crippen LogP contribution in [0, 0.1) is 5.82 Å². The molecule has 6 nitrogen and oxygen atoms in total. The van der Waals surface area contributed by atoms with E-state index in [9.17, 15) is 22.4 Å². The van der Waals surface area contributed by atoms with Crippen LogP contribution in [0.5, 0.6) is 17.4 Å². The highest BCUT2D eigenvalue weighted by molar-refractivity contribution is 5.85. The zero-order valence-corrected chi connectivity index (χ0v) is 19.2. The maximum Gasteiger partial charge on any atom is 0.433 e. The second kappa shape index (κ2) is 10.7. The molecular formula is C26H21F4N3O3. The number of Topliss-reactive ketones (excluding diaryl/α,β-unsaturated/α-hetero) is 1. The van der Waals surface area contributed by atoms with Gasteiger partial charge in [-0.05, 0) is 48.7 Å². The summed E-state index contributed by atoms with van der Waals surface area (Å²) in [7, 11) is 0. The molecule has 0 aliphatic heterocycles. The van der Waals surface area contributed by atoms with Crippen LogP contribution in [0.15, 0.2) is 61.1 Å². The van der Waals surface area contributed by atoms with Gasteiger partial charge in [0, 0.05) is 25.1 Å². The van der Waals surface area contributed by atoms with E-state index in [1.807, 2.05) is 0 Å². The Morgan fingerprint density at radius 1 is 0.972 bits per heavy atom. The molecule has 0 spiro atoms. The normalized spacial score (nSPS) is 11.5. The molecule has 0 aliphatic carbocycles. The van der Waals surface area contributed by atoms with Crippen LogP contribution in [0.25, 0.3) is 10.9 Å². The van der Waals surface area contributed by atoms with Gasteiger partial charge >= 0.3 is 6.18 Å². The van der Waals surface area contributed by atoms with Gasteiger partial charge in [0.05, 0.1) is 17.5 Å². The third-order valence-corrected chi connectivity index (χ3v) is 5.30. The van der Waals surface area contributed by atoms with Crippen molar-refractivity contribution in [2.45, 2.75) is 32.4 Å². The van der Waals surface area contributed by atoms with Gasteiger partial charge in [-0.3, -0.25) is 9.78 Å². The van der Waals surface area contributed by atoms with Crippen LogP contribution >= 0.6 is 0 Å². The van der Waals surface area contributed by atoms with Gasteiger partial charge in [-0.1, -0.05) is 18.2 Å². The van der Waals surface area contributed by atoms with Gasteiger partial charge < -0.3 is 9.47 Å². The lowest BCUT2D eigenvalue weighted by atomic mass is 10.0. The van der Waals surface area contributed by atoms with Crippen molar-refractivity contribution in [2.24, 2.45) is 0 Å².